The molecule has 4 heterocycles. The van der Waals surface area contributed by atoms with Crippen LogP contribution in [0.2, 0.25) is 0 Å². The standard InChI is InChI=1S/C35H46FN5O4/c1-44-23-6-7-28-24(14-23)21(16-39-28)8-10-38-35(43)26-18-41-29-12-19-4-2-3-5-20(19)13-30(29)45-34-31(41)25(33(26)42)15-27(36)32(34)40-11-9-22(37)17-40/h6-7,14,16,18-20,22,25,27,29-32,34,39H,2-5,8-13,15,17,37H2,1H3,(H,38,43). The third-order valence-corrected chi connectivity index (χ3v) is 12.0. The highest BCUT2D eigenvalue weighted by Gasteiger charge is 2.60. The number of aromatic amines is 1. The van der Waals surface area contributed by atoms with Crippen molar-refractivity contribution in [2.45, 2.75) is 100 Å². The fourth-order valence-corrected chi connectivity index (χ4v) is 9.85. The van der Waals surface area contributed by atoms with Crippen molar-refractivity contribution >= 4 is 22.6 Å². The zero-order valence-corrected chi connectivity index (χ0v) is 26.1. The summed E-state index contributed by atoms with van der Waals surface area (Å²) in [5, 5.41) is 4.07. The number of ketones is 1. The topological polar surface area (TPSA) is 113 Å². The maximum atomic E-state index is 16.3. The summed E-state index contributed by atoms with van der Waals surface area (Å²) in [7, 11) is 1.65. The minimum Gasteiger partial charge on any atom is -0.497 e. The number of carbonyl (C=O) groups is 2. The molecule has 0 bridgehead atoms. The van der Waals surface area contributed by atoms with Gasteiger partial charge in [0.25, 0.3) is 5.91 Å². The van der Waals surface area contributed by atoms with Crippen LogP contribution < -0.4 is 15.8 Å². The van der Waals surface area contributed by atoms with E-state index in [1.54, 1.807) is 7.11 Å². The van der Waals surface area contributed by atoms with Crippen molar-refractivity contribution in [3.63, 3.8) is 0 Å². The molecule has 45 heavy (non-hydrogen) atoms. The highest BCUT2D eigenvalue weighted by Crippen LogP contribution is 2.51. The van der Waals surface area contributed by atoms with Crippen molar-refractivity contribution < 1.29 is 23.5 Å². The SMILES string of the molecule is COc1ccc2[nH]cc(CCNC(=O)C3=CN4C5CC6CCCCC6CC5OC5C(N6CCC(N)C6)C(F)CC(C3=O)C54)c2c1. The first-order valence-corrected chi connectivity index (χ1v) is 17.1. The molecule has 4 N–H and O–H groups in total. The van der Waals surface area contributed by atoms with E-state index < -0.39 is 24.2 Å². The summed E-state index contributed by atoms with van der Waals surface area (Å²) < 4.78 is 28.6. The predicted octanol–water partition coefficient (Wildman–Crippen LogP) is 3.47. The number of alkyl halides is 1. The Hall–Kier alpha value is -2.95. The Morgan fingerprint density at radius 1 is 1.16 bits per heavy atom. The molecule has 8 rings (SSSR count). The van der Waals surface area contributed by atoms with Gasteiger partial charge in [0.2, 0.25) is 0 Å². The molecule has 242 valence electrons. The van der Waals surface area contributed by atoms with Crippen LogP contribution >= 0.6 is 0 Å². The van der Waals surface area contributed by atoms with Crippen molar-refractivity contribution in [1.29, 1.82) is 0 Å². The quantitative estimate of drug-likeness (QED) is 0.425. The Balaban J connectivity index is 1.06. The van der Waals surface area contributed by atoms with E-state index in [1.165, 1.54) is 25.7 Å². The first-order chi connectivity index (χ1) is 21.9. The number of amides is 1. The van der Waals surface area contributed by atoms with Gasteiger partial charge in [0.1, 0.15) is 11.9 Å². The molecule has 9 nitrogen and oxygen atoms in total. The molecule has 2 saturated heterocycles. The number of likely N-dealkylation sites (tertiary alicyclic amines) is 1. The van der Waals surface area contributed by atoms with E-state index in [0.29, 0.717) is 31.3 Å². The number of ether oxygens (including phenoxy) is 2. The van der Waals surface area contributed by atoms with Crippen LogP contribution in [0.25, 0.3) is 10.9 Å². The predicted molar refractivity (Wildman–Crippen MR) is 168 cm³/mol. The van der Waals surface area contributed by atoms with Crippen LogP contribution in [-0.4, -0.2) is 95.8 Å². The second-order valence-electron chi connectivity index (χ2n) is 14.5. The van der Waals surface area contributed by atoms with Gasteiger partial charge in [-0.25, -0.2) is 4.39 Å². The van der Waals surface area contributed by atoms with E-state index in [-0.39, 0.29) is 47.9 Å². The molecule has 1 aromatic carbocycles. The number of morpholine rings is 1. The number of methoxy groups -OCH3 is 1. The molecule has 10 atom stereocenters. The molecule has 3 aliphatic carbocycles. The largest absolute Gasteiger partial charge is 0.497 e. The van der Waals surface area contributed by atoms with Gasteiger partial charge in [0.15, 0.2) is 5.78 Å². The molecule has 10 unspecified atom stereocenters. The number of nitrogens with two attached hydrogens (primary N) is 1. The molecule has 3 saturated carbocycles. The molecule has 1 aromatic heterocycles. The number of rotatable bonds is 6. The molecular weight excluding hydrogens is 573 g/mol. The van der Waals surface area contributed by atoms with E-state index in [0.717, 1.165) is 48.0 Å². The smallest absolute Gasteiger partial charge is 0.256 e. The lowest BCUT2D eigenvalue weighted by molar-refractivity contribution is -0.219. The van der Waals surface area contributed by atoms with Gasteiger partial charge in [-0.3, -0.25) is 14.5 Å². The van der Waals surface area contributed by atoms with E-state index in [2.05, 4.69) is 20.1 Å². The molecular formula is C35H46FN5O4. The molecule has 0 spiro atoms. The Morgan fingerprint density at radius 2 is 1.98 bits per heavy atom. The summed E-state index contributed by atoms with van der Waals surface area (Å²) >= 11 is 0. The normalized spacial score (nSPS) is 37.9. The lowest BCUT2D eigenvalue weighted by atomic mass is 9.64. The number of nitrogens with one attached hydrogen (secondary N) is 2. The second kappa shape index (κ2) is 11.7. The fraction of sp³-hybridized carbons (Fsp3) is 0.657. The third kappa shape index (κ3) is 5.08. The summed E-state index contributed by atoms with van der Waals surface area (Å²) in [6.45, 7) is 1.79. The summed E-state index contributed by atoms with van der Waals surface area (Å²) in [4.78, 5) is 35.5. The highest BCUT2D eigenvalue weighted by atomic mass is 19.1. The van der Waals surface area contributed by atoms with Gasteiger partial charge in [0, 0.05) is 54.9 Å². The first kappa shape index (κ1) is 29.5. The van der Waals surface area contributed by atoms with Crippen LogP contribution in [0.5, 0.6) is 5.75 Å². The third-order valence-electron chi connectivity index (χ3n) is 12.0. The van der Waals surface area contributed by atoms with Crippen LogP contribution in [-0.2, 0) is 20.7 Å². The molecule has 10 heteroatoms. The number of hydrogen-bond acceptors (Lipinski definition) is 7. The van der Waals surface area contributed by atoms with E-state index in [4.69, 9.17) is 15.2 Å². The van der Waals surface area contributed by atoms with Crippen LogP contribution in [0, 0.1) is 17.8 Å². The van der Waals surface area contributed by atoms with Gasteiger partial charge in [0.05, 0.1) is 43.0 Å². The molecule has 3 aliphatic heterocycles. The number of hydrogen-bond donors (Lipinski definition) is 3. The zero-order valence-electron chi connectivity index (χ0n) is 26.1. The van der Waals surface area contributed by atoms with E-state index in [1.807, 2.05) is 30.6 Å². The Kier molecular flexibility index (Phi) is 7.65. The van der Waals surface area contributed by atoms with Crippen LogP contribution in [0.4, 0.5) is 4.39 Å². The van der Waals surface area contributed by atoms with Crippen molar-refractivity contribution in [3.05, 3.63) is 41.7 Å². The Labute approximate surface area is 264 Å². The monoisotopic (exact) mass is 619 g/mol. The molecule has 0 radical (unpaired) electrons. The summed E-state index contributed by atoms with van der Waals surface area (Å²) in [5.41, 5.74) is 8.50. The molecule has 6 aliphatic rings. The van der Waals surface area contributed by atoms with Crippen LogP contribution in [0.15, 0.2) is 36.2 Å². The number of halogens is 1. The number of H-pyrrole nitrogens is 1. The molecule has 2 aromatic rings. The van der Waals surface area contributed by atoms with Crippen molar-refractivity contribution in [2.75, 3.05) is 26.7 Å². The maximum Gasteiger partial charge on any atom is 0.256 e. The fourth-order valence-electron chi connectivity index (χ4n) is 9.85. The minimum atomic E-state index is -1.21. The molecule has 1 amide bonds. The van der Waals surface area contributed by atoms with Crippen molar-refractivity contribution in [1.82, 2.24) is 20.1 Å². The van der Waals surface area contributed by atoms with Gasteiger partial charge in [-0.05, 0) is 67.7 Å². The van der Waals surface area contributed by atoms with E-state index >= 15 is 4.39 Å². The van der Waals surface area contributed by atoms with Gasteiger partial charge >= 0.3 is 0 Å². The van der Waals surface area contributed by atoms with Gasteiger partial charge in [-0.15, -0.1) is 0 Å². The van der Waals surface area contributed by atoms with Gasteiger partial charge in [-0.2, -0.15) is 0 Å². The average molecular weight is 620 g/mol. The lowest BCUT2D eigenvalue weighted by Crippen LogP contribution is -2.73. The molecule has 5 fully saturated rings. The van der Waals surface area contributed by atoms with Crippen LogP contribution in [0.3, 0.4) is 0 Å². The average Bonchev–Trinajstić information content (AvgIpc) is 3.66. The number of carbonyl (C=O) groups excluding carboxylic acids is 2. The summed E-state index contributed by atoms with van der Waals surface area (Å²) in [6, 6.07) is 5.34. The number of benzene rings is 1. The zero-order chi connectivity index (χ0) is 30.8. The highest BCUT2D eigenvalue weighted by molar-refractivity contribution is 6.20. The Bertz CT molecular complexity index is 1490. The summed E-state index contributed by atoms with van der Waals surface area (Å²) in [5.74, 6) is 0.834. The lowest BCUT2D eigenvalue weighted by Gasteiger charge is -2.61. The van der Waals surface area contributed by atoms with Gasteiger partial charge in [-0.1, -0.05) is 25.7 Å². The minimum absolute atomic E-state index is 0.0250. The van der Waals surface area contributed by atoms with E-state index in [9.17, 15) is 9.59 Å². The summed E-state index contributed by atoms with van der Waals surface area (Å²) in [6.07, 6.45) is 10.7. The number of Topliss-reactive ketones (excluding diaryl/α,β-unsaturated/α-hetero) is 1. The number of nitrogens with zero attached hydrogens (tertiary/aromatic N) is 2. The second-order valence-corrected chi connectivity index (χ2v) is 14.5. The van der Waals surface area contributed by atoms with Crippen molar-refractivity contribution in [2.24, 2.45) is 23.5 Å². The Morgan fingerprint density at radius 3 is 2.76 bits per heavy atom. The van der Waals surface area contributed by atoms with Gasteiger partial charge < -0.3 is 30.4 Å². The first-order valence-electron chi connectivity index (χ1n) is 17.1. The number of fused-ring (bicyclic) bond motifs is 4. The van der Waals surface area contributed by atoms with Crippen LogP contribution in [0.1, 0.15) is 56.9 Å². The number of aromatic nitrogens is 1. The van der Waals surface area contributed by atoms with Crippen molar-refractivity contribution in [3.8, 4) is 5.75 Å². The maximum absolute atomic E-state index is 16.3.